The maximum absolute atomic E-state index is 11.7. The number of aromatic hydroxyl groups is 1. The van der Waals surface area contributed by atoms with Crippen LogP contribution in [0.25, 0.3) is 0 Å². The van der Waals surface area contributed by atoms with Gasteiger partial charge in [0.1, 0.15) is 0 Å². The van der Waals surface area contributed by atoms with Crippen molar-refractivity contribution < 1.29 is 48.6 Å². The van der Waals surface area contributed by atoms with E-state index in [2.05, 4.69) is 87.7 Å². The molecule has 0 spiro atoms. The number of aromatic carboxylic acids is 1. The van der Waals surface area contributed by atoms with Crippen molar-refractivity contribution in [2.24, 2.45) is 20.4 Å². The molecule has 0 atom stereocenters. The van der Waals surface area contributed by atoms with Crippen molar-refractivity contribution in [2.75, 3.05) is 29.6 Å². The van der Waals surface area contributed by atoms with E-state index in [-0.39, 0.29) is 60.8 Å². The number of H-pyrrole nitrogens is 8. The standard InChI is InChI=1S/C14H14N6O5S.C12H10N6O6S.C12H10N6O5S.C11H10N6O3S/c1-2-25-13(23)8-3-4-9(15-5-8)6-16-18-10(21)7-26-12-11(22)17-14(24)20-19-12;19-8-2-1-6(3-7(8)18(23)24)4-13-15-9(20)5-25-11-10(21)14-12(22)17-16-11;19-8(5-24-10-9(20)15-12(23)18-17-10)16-14-4-7-2-1-6(3-13-7)11(21)22;18-8(15-13-5-7-2-1-3-12-4-7)6-21-10-9(19)14-11(20)17-16-10/h3-6H,2,7H2,1H3,(H,18,21)(H2,17,20,22,24);1-4,19H,5H2,(H,15,20)(H2,14,17,21,22);1-4H,5H2,(H,16,19)(H,21,22)(H2,15,18,20,23);1-5H,6H2,(H,15,18)(H2,14,17,19,20)/b16-6+;13-4+;14-4+;13-5+. The van der Waals surface area contributed by atoms with Gasteiger partial charge in [0, 0.05) is 42.0 Å². The molecule has 7 heterocycles. The number of nitrogens with zero attached hydrogens (tertiary/aromatic N) is 12. The first kappa shape index (κ1) is 73.9. The molecular weight excluding hydrogens is 1360 g/mol. The number of aromatic amines is 8. The summed E-state index contributed by atoms with van der Waals surface area (Å²) in [5, 5.41) is 65.6. The molecule has 0 bridgehead atoms. The number of thioether (sulfide) groups is 4. The van der Waals surface area contributed by atoms with Crippen molar-refractivity contribution in [3.63, 3.8) is 0 Å². The van der Waals surface area contributed by atoms with E-state index in [1.165, 1.54) is 49.1 Å². The number of nitrogens with one attached hydrogen (secondary N) is 12. The van der Waals surface area contributed by atoms with Gasteiger partial charge in [-0.25, -0.2) is 70.9 Å². The molecule has 0 aliphatic heterocycles. The Morgan fingerprint density at radius 3 is 1.26 bits per heavy atom. The highest BCUT2D eigenvalue weighted by Gasteiger charge is 2.15. The van der Waals surface area contributed by atoms with Crippen LogP contribution in [0.4, 0.5) is 5.69 Å². The first-order valence-electron chi connectivity index (χ1n) is 25.7. The molecule has 47 heteroatoms. The van der Waals surface area contributed by atoms with Gasteiger partial charge < -0.3 is 14.9 Å². The van der Waals surface area contributed by atoms with Crippen LogP contribution < -0.4 is 66.7 Å². The molecule has 0 saturated heterocycles. The monoisotopic (exact) mass is 1400 g/mol. The molecule has 8 aromatic rings. The van der Waals surface area contributed by atoms with Gasteiger partial charge >= 0.3 is 40.4 Å². The molecule has 498 valence electrons. The fourth-order valence-electron chi connectivity index (χ4n) is 5.75. The molecule has 14 N–H and O–H groups in total. The third kappa shape index (κ3) is 27.0. The second kappa shape index (κ2) is 38.8. The lowest BCUT2D eigenvalue weighted by Gasteiger charge is -2.01. The number of carboxylic acids is 1. The largest absolute Gasteiger partial charge is 0.502 e. The summed E-state index contributed by atoms with van der Waals surface area (Å²) in [5.74, 6) is -4.56. The average molecular weight is 1400 g/mol. The van der Waals surface area contributed by atoms with Gasteiger partial charge in [-0.15, -0.1) is 0 Å². The fraction of sp³-hybridized carbons (Fsp3) is 0.122. The highest BCUT2D eigenvalue weighted by Crippen LogP contribution is 2.25. The Bertz CT molecular complexity index is 4690. The molecule has 0 radical (unpaired) electrons. The number of esters is 1. The number of phenols is 1. The maximum Gasteiger partial charge on any atom is 0.342 e. The predicted molar refractivity (Wildman–Crippen MR) is 338 cm³/mol. The second-order valence-corrected chi connectivity index (χ2v) is 20.7. The number of ether oxygens (including phenoxy) is 1. The van der Waals surface area contributed by atoms with Gasteiger partial charge in [0.15, 0.2) is 25.9 Å². The molecular formula is C49H44N24O19S4. The highest BCUT2D eigenvalue weighted by atomic mass is 32.2. The Kier molecular flexibility index (Phi) is 29.9. The van der Waals surface area contributed by atoms with Crippen molar-refractivity contribution in [2.45, 2.75) is 27.0 Å². The number of benzene rings is 1. The molecule has 8 rings (SSSR count). The molecule has 0 saturated carbocycles. The zero-order chi connectivity index (χ0) is 69.9. The molecule has 0 fully saturated rings. The molecule has 0 aliphatic rings. The van der Waals surface area contributed by atoms with Gasteiger partial charge in [-0.3, -0.25) is 83.4 Å². The van der Waals surface area contributed by atoms with E-state index in [1.54, 1.807) is 37.5 Å². The smallest absolute Gasteiger partial charge is 0.342 e. The third-order valence-electron chi connectivity index (χ3n) is 9.87. The van der Waals surface area contributed by atoms with Crippen LogP contribution in [0.2, 0.25) is 0 Å². The van der Waals surface area contributed by atoms with Crippen LogP contribution in [0.5, 0.6) is 5.75 Å². The number of hydrogen-bond donors (Lipinski definition) is 14. The second-order valence-electron chi connectivity index (χ2n) is 16.8. The van der Waals surface area contributed by atoms with E-state index in [9.17, 15) is 82.3 Å². The zero-order valence-corrected chi connectivity index (χ0v) is 51.5. The summed E-state index contributed by atoms with van der Waals surface area (Å²) < 4.78 is 4.84. The van der Waals surface area contributed by atoms with Crippen molar-refractivity contribution in [3.8, 4) is 5.75 Å². The van der Waals surface area contributed by atoms with E-state index in [4.69, 9.17) is 9.84 Å². The lowest BCUT2D eigenvalue weighted by molar-refractivity contribution is -0.385. The topological polar surface area (TPSA) is 646 Å². The number of carboxylic acid groups (broad SMARTS) is 1. The highest BCUT2D eigenvalue weighted by molar-refractivity contribution is 8.00. The van der Waals surface area contributed by atoms with E-state index < -0.39 is 96.9 Å². The zero-order valence-electron chi connectivity index (χ0n) is 48.2. The summed E-state index contributed by atoms with van der Waals surface area (Å²) in [6.07, 6.45) is 10.8. The summed E-state index contributed by atoms with van der Waals surface area (Å²) in [6.45, 7) is 1.98. The summed E-state index contributed by atoms with van der Waals surface area (Å²) in [7, 11) is 0. The third-order valence-corrected chi connectivity index (χ3v) is 13.7. The predicted octanol–water partition coefficient (Wildman–Crippen LogP) is -3.52. The number of nitro groups is 1. The molecule has 0 unspecified atom stereocenters. The molecule has 7 aromatic heterocycles. The fourth-order valence-corrected chi connectivity index (χ4v) is 8.24. The Morgan fingerprint density at radius 1 is 0.542 bits per heavy atom. The number of pyridine rings is 3. The van der Waals surface area contributed by atoms with Crippen molar-refractivity contribution in [3.05, 3.63) is 206 Å². The number of carbonyl (C=O) groups is 6. The molecule has 96 heavy (non-hydrogen) atoms. The number of hydrogen-bond acceptors (Lipinski definition) is 33. The maximum atomic E-state index is 11.7. The van der Waals surface area contributed by atoms with E-state index in [0.29, 0.717) is 17.0 Å². The van der Waals surface area contributed by atoms with Gasteiger partial charge in [-0.1, -0.05) is 53.1 Å². The SMILES string of the molecule is CCOC(=O)c1ccc(/C=N/NC(=O)CSc2n[nH]c(=O)[nH]c2=O)nc1.O=C(CSc1n[nH]c(=O)[nH]c1=O)N/N=C/c1ccc(C(=O)O)cn1.O=C(CSc1n[nH]c(=O)[nH]c1=O)N/N=C/c1ccc(O)c([N+](=O)[O-])c1.O=C(CSc1n[nH]c(=O)[nH]c1=O)N/N=C/c1cccnc1. The number of carbonyl (C=O) groups excluding carboxylic acids is 5. The Labute approximate surface area is 546 Å². The molecule has 43 nitrogen and oxygen atoms in total. The van der Waals surface area contributed by atoms with E-state index in [1.807, 2.05) is 30.1 Å². The lowest BCUT2D eigenvalue weighted by Crippen LogP contribution is -2.26. The van der Waals surface area contributed by atoms with Crippen molar-refractivity contribution in [1.82, 2.24) is 97.4 Å². The number of amides is 4. The molecule has 1 aromatic carbocycles. The normalized spacial score (nSPS) is 10.7. The van der Waals surface area contributed by atoms with Gasteiger partial charge in [-0.05, 0) is 49.4 Å². The summed E-state index contributed by atoms with van der Waals surface area (Å²) in [5.41, 5.74) is 4.93. The minimum Gasteiger partial charge on any atom is -0.502 e. The molecule has 0 aliphatic carbocycles. The minimum absolute atomic E-state index is 0.000916. The van der Waals surface area contributed by atoms with Crippen molar-refractivity contribution >= 4 is 113 Å². The summed E-state index contributed by atoms with van der Waals surface area (Å²) >= 11 is 3.34. The Morgan fingerprint density at radius 2 is 0.927 bits per heavy atom. The first-order valence-corrected chi connectivity index (χ1v) is 29.7. The van der Waals surface area contributed by atoms with Gasteiger partial charge in [0.05, 0.1) is 81.9 Å². The van der Waals surface area contributed by atoms with Crippen LogP contribution in [0.15, 0.2) is 158 Å². The van der Waals surface area contributed by atoms with Crippen LogP contribution in [0.3, 0.4) is 0 Å². The molecule has 4 amide bonds. The number of aromatic nitrogens is 15. The lowest BCUT2D eigenvalue weighted by atomic mass is 10.2. The van der Waals surface area contributed by atoms with E-state index >= 15 is 0 Å². The van der Waals surface area contributed by atoms with Gasteiger partial charge in [-0.2, -0.15) is 40.8 Å². The van der Waals surface area contributed by atoms with Crippen LogP contribution in [0, 0.1) is 10.1 Å². The summed E-state index contributed by atoms with van der Waals surface area (Å²) in [4.78, 5) is 187. The average Bonchev–Trinajstić information content (AvgIpc) is 1.11. The summed E-state index contributed by atoms with van der Waals surface area (Å²) in [6, 6.07) is 13.0. The minimum atomic E-state index is -1.10. The van der Waals surface area contributed by atoms with E-state index in [0.717, 1.165) is 77.2 Å². The van der Waals surface area contributed by atoms with Crippen LogP contribution >= 0.6 is 47.0 Å². The number of hydrazone groups is 4. The number of nitro benzene ring substituents is 1. The van der Waals surface area contributed by atoms with Crippen molar-refractivity contribution in [1.29, 1.82) is 0 Å². The van der Waals surface area contributed by atoms with Crippen LogP contribution in [0.1, 0.15) is 50.2 Å². The number of rotatable bonds is 24. The first-order chi connectivity index (χ1) is 46.0. The van der Waals surface area contributed by atoms with Gasteiger partial charge in [0.25, 0.3) is 22.2 Å². The number of phenolic OH excluding ortho intramolecular Hbond substituents is 1. The Hall–Kier alpha value is -12.8. The Balaban J connectivity index is 0.000000232. The van der Waals surface area contributed by atoms with Gasteiger partial charge in [0.2, 0.25) is 23.6 Å². The van der Waals surface area contributed by atoms with Crippen LogP contribution in [-0.4, -0.2) is 181 Å². The van der Waals surface area contributed by atoms with Crippen LogP contribution in [-0.2, 0) is 23.9 Å². The quantitative estimate of drug-likeness (QED) is 0.00917.